The van der Waals surface area contributed by atoms with Gasteiger partial charge in [0, 0.05) is 37.4 Å². The number of rotatable bonds is 7. The summed E-state index contributed by atoms with van der Waals surface area (Å²) in [7, 11) is 0. The minimum Gasteiger partial charge on any atom is 0 e. The number of fused-ring (bicyclic) bond motifs is 3. The van der Waals surface area contributed by atoms with Crippen molar-refractivity contribution in [1.82, 2.24) is 15.0 Å². The summed E-state index contributed by atoms with van der Waals surface area (Å²) in [5.74, 6) is 8.98. The van der Waals surface area contributed by atoms with Crippen molar-refractivity contribution in [2.45, 2.75) is 101 Å². The first kappa shape index (κ1) is 40.3. The standard InChI is InChI=1S/C29H25N2O.C21H28GeN.Ir/c1-19-16-25(21-10-6-3-7-11-21)28-24-13-12-23(18-27(24)32-29(28)31-19)26-17-22(14-15-30-26)20-8-4-2-5-9-20;1-16-9-5-8-12-19(16)21-14-18(13-17-10-6-7-11-17)20(15-23-21)22(2,3)4;/h3,6-7,10-17,20H,2,4-5,8-9H2,1H3;5,8-9,14-15,17H,6-7,10-11,13H2,1-4H3;/q2*-1;. The summed E-state index contributed by atoms with van der Waals surface area (Å²) in [5.41, 5.74) is 13.1. The smallest absolute Gasteiger partial charge is 0 e. The van der Waals surface area contributed by atoms with Crippen molar-refractivity contribution in [1.29, 1.82) is 0 Å². The zero-order chi connectivity index (χ0) is 37.9. The van der Waals surface area contributed by atoms with Crippen molar-refractivity contribution in [2.75, 3.05) is 0 Å². The molecule has 0 unspecified atom stereocenters. The molecule has 0 bridgehead atoms. The molecule has 4 aromatic heterocycles. The Labute approximate surface area is 349 Å². The fraction of sp³-hybridized carbons (Fsp3) is 0.340. The zero-order valence-corrected chi connectivity index (χ0v) is 38.0. The van der Waals surface area contributed by atoms with E-state index < -0.39 is 13.3 Å². The number of pyridine rings is 3. The molecule has 6 heteroatoms. The fourth-order valence-electron chi connectivity index (χ4n) is 8.91. The molecule has 9 rings (SSSR count). The van der Waals surface area contributed by atoms with E-state index in [4.69, 9.17) is 9.40 Å². The molecule has 1 radical (unpaired) electrons. The Kier molecular flexibility index (Phi) is 12.7. The van der Waals surface area contributed by atoms with Crippen molar-refractivity contribution in [2.24, 2.45) is 5.92 Å². The predicted molar refractivity (Wildman–Crippen MR) is 231 cm³/mol. The molecule has 0 saturated heterocycles. The molecular formula is C50H53GeIrN3O-2. The number of furan rings is 1. The van der Waals surface area contributed by atoms with Gasteiger partial charge >= 0.3 is 144 Å². The minimum absolute atomic E-state index is 0. The number of aromatic nitrogens is 3. The molecule has 3 aromatic carbocycles. The molecule has 2 aliphatic carbocycles. The molecule has 289 valence electrons. The van der Waals surface area contributed by atoms with Crippen LogP contribution < -0.4 is 4.40 Å². The fourth-order valence-corrected chi connectivity index (χ4v) is 12.2. The van der Waals surface area contributed by atoms with Crippen LogP contribution in [0.5, 0.6) is 0 Å². The molecule has 0 spiro atoms. The van der Waals surface area contributed by atoms with Gasteiger partial charge in [-0.3, -0.25) is 0 Å². The zero-order valence-electron chi connectivity index (χ0n) is 33.5. The summed E-state index contributed by atoms with van der Waals surface area (Å²) in [4.78, 5) is 14.2. The minimum atomic E-state index is -1.89. The first-order chi connectivity index (χ1) is 26.7. The van der Waals surface area contributed by atoms with Gasteiger partial charge in [-0.05, 0) is 54.6 Å². The molecular weight excluding hydrogens is 923 g/mol. The van der Waals surface area contributed by atoms with Crippen molar-refractivity contribution < 1.29 is 24.5 Å². The molecule has 2 saturated carbocycles. The normalized spacial score (nSPS) is 15.1. The van der Waals surface area contributed by atoms with Gasteiger partial charge in [0.25, 0.3) is 0 Å². The van der Waals surface area contributed by atoms with Gasteiger partial charge in [0.1, 0.15) is 0 Å². The quantitative estimate of drug-likeness (QED) is 0.118. The number of hydrogen-bond donors (Lipinski definition) is 0. The van der Waals surface area contributed by atoms with Crippen LogP contribution >= 0.6 is 0 Å². The van der Waals surface area contributed by atoms with E-state index in [9.17, 15) is 0 Å². The summed E-state index contributed by atoms with van der Waals surface area (Å²) in [5, 5.41) is 2.09. The Hall–Kier alpha value is -3.90. The number of hydrogen-bond acceptors (Lipinski definition) is 4. The number of aryl methyl sites for hydroxylation is 2. The first-order valence-corrected chi connectivity index (χ1v) is 27.8. The van der Waals surface area contributed by atoms with Crippen LogP contribution in [0.25, 0.3) is 55.7 Å². The van der Waals surface area contributed by atoms with E-state index in [1.165, 1.54) is 75.3 Å². The average molecular weight is 977 g/mol. The second-order valence-electron chi connectivity index (χ2n) is 16.9. The van der Waals surface area contributed by atoms with Crippen LogP contribution in [0.2, 0.25) is 17.3 Å². The molecule has 2 fully saturated rings. The average Bonchev–Trinajstić information content (AvgIpc) is 3.85. The van der Waals surface area contributed by atoms with Crippen LogP contribution in [0.1, 0.15) is 86.1 Å². The van der Waals surface area contributed by atoms with Crippen molar-refractivity contribution >= 4 is 39.7 Å². The van der Waals surface area contributed by atoms with E-state index in [-0.39, 0.29) is 20.1 Å². The molecule has 56 heavy (non-hydrogen) atoms. The Morgan fingerprint density at radius 2 is 1.55 bits per heavy atom. The van der Waals surface area contributed by atoms with E-state index >= 15 is 0 Å². The van der Waals surface area contributed by atoms with Gasteiger partial charge < -0.3 is 9.40 Å². The molecule has 4 nitrogen and oxygen atoms in total. The molecule has 4 heterocycles. The Balaban J connectivity index is 0.000000178. The van der Waals surface area contributed by atoms with Crippen LogP contribution in [0.3, 0.4) is 0 Å². The van der Waals surface area contributed by atoms with Gasteiger partial charge in [0.2, 0.25) is 5.71 Å². The Bertz CT molecular complexity index is 2420. The number of nitrogens with zero attached hydrogens (tertiary/aromatic N) is 3. The van der Waals surface area contributed by atoms with Crippen LogP contribution in [-0.4, -0.2) is 28.2 Å². The van der Waals surface area contributed by atoms with Gasteiger partial charge in [0.15, 0.2) is 0 Å². The summed E-state index contributed by atoms with van der Waals surface area (Å²) in [6, 6.07) is 36.7. The van der Waals surface area contributed by atoms with E-state index in [1.807, 2.05) is 25.3 Å². The SMILES string of the molecule is Cc1cc(-c2ccccc2)c2c(n1)oc1[c-]c(-c3cc(C4CCCCC4)ccn3)ccc12.Cc1ccc[c-]c1-c1cc(CC2CCCC2)[c]([Ge]([CH3])([CH3])[CH3])cn1.[Ir]. The largest absolute Gasteiger partial charge is 0 e. The summed E-state index contributed by atoms with van der Waals surface area (Å²) in [6.45, 7) is 4.16. The molecule has 0 aliphatic heterocycles. The van der Waals surface area contributed by atoms with E-state index in [1.54, 1.807) is 9.96 Å². The van der Waals surface area contributed by atoms with E-state index in [0.29, 0.717) is 11.6 Å². The van der Waals surface area contributed by atoms with E-state index in [0.717, 1.165) is 61.6 Å². The molecule has 0 atom stereocenters. The van der Waals surface area contributed by atoms with Gasteiger partial charge in [-0.25, -0.2) is 4.98 Å². The second kappa shape index (κ2) is 17.7. The van der Waals surface area contributed by atoms with Gasteiger partial charge in [0.05, 0.1) is 5.58 Å². The Morgan fingerprint density at radius 3 is 2.30 bits per heavy atom. The predicted octanol–water partition coefficient (Wildman–Crippen LogP) is 13.0. The van der Waals surface area contributed by atoms with Crippen molar-refractivity contribution in [3.63, 3.8) is 0 Å². The van der Waals surface area contributed by atoms with E-state index in [2.05, 4.69) is 125 Å². The summed E-state index contributed by atoms with van der Waals surface area (Å²) < 4.78 is 7.80. The topological polar surface area (TPSA) is 51.8 Å². The summed E-state index contributed by atoms with van der Waals surface area (Å²) in [6.07, 6.45) is 17.6. The monoisotopic (exact) mass is 978 g/mol. The summed E-state index contributed by atoms with van der Waals surface area (Å²) >= 11 is -1.89. The van der Waals surface area contributed by atoms with Crippen molar-refractivity contribution in [3.8, 4) is 33.6 Å². The maximum atomic E-state index is 6.21. The van der Waals surface area contributed by atoms with Gasteiger partial charge in [-0.2, -0.15) is 0 Å². The molecule has 0 N–H and O–H groups in total. The van der Waals surface area contributed by atoms with Gasteiger partial charge in [-0.1, -0.05) is 72.7 Å². The number of benzene rings is 3. The second-order valence-corrected chi connectivity index (χ2v) is 27.5. The van der Waals surface area contributed by atoms with Crippen molar-refractivity contribution in [3.05, 3.63) is 132 Å². The van der Waals surface area contributed by atoms with Crippen LogP contribution in [-0.2, 0) is 26.5 Å². The van der Waals surface area contributed by atoms with Crippen LogP contribution in [0.4, 0.5) is 0 Å². The van der Waals surface area contributed by atoms with Crippen LogP contribution in [0.15, 0.2) is 102 Å². The first-order valence-electron chi connectivity index (χ1n) is 20.5. The Morgan fingerprint density at radius 1 is 0.786 bits per heavy atom. The van der Waals surface area contributed by atoms with Crippen LogP contribution in [0, 0.1) is 31.9 Å². The third-order valence-corrected chi connectivity index (χ3v) is 16.1. The third kappa shape index (κ3) is 8.96. The molecule has 7 aromatic rings. The van der Waals surface area contributed by atoms with Gasteiger partial charge in [-0.15, -0.1) is 17.7 Å². The molecule has 2 aliphatic rings. The maximum absolute atomic E-state index is 6.21. The maximum Gasteiger partial charge on any atom is 0 e. The molecule has 0 amide bonds. The third-order valence-electron chi connectivity index (χ3n) is 11.8.